The molecule has 4 heteroatoms. The lowest BCUT2D eigenvalue weighted by Gasteiger charge is -2.27. The third-order valence-corrected chi connectivity index (χ3v) is 4.19. The van der Waals surface area contributed by atoms with Crippen molar-refractivity contribution < 1.29 is 14.6 Å². The normalized spacial score (nSPS) is 21.3. The van der Waals surface area contributed by atoms with Crippen LogP contribution in [0.2, 0.25) is 0 Å². The van der Waals surface area contributed by atoms with Gasteiger partial charge >= 0.3 is 0 Å². The van der Waals surface area contributed by atoms with E-state index in [1.807, 2.05) is 6.92 Å². The summed E-state index contributed by atoms with van der Waals surface area (Å²) in [5, 5.41) is 19.3. The predicted octanol–water partition coefficient (Wildman–Crippen LogP) is 2.40. The molecule has 1 aromatic rings. The van der Waals surface area contributed by atoms with E-state index in [2.05, 4.69) is 4.90 Å². The van der Waals surface area contributed by atoms with E-state index in [9.17, 15) is 9.50 Å². The molecule has 1 aliphatic rings. The van der Waals surface area contributed by atoms with Crippen LogP contribution in [0.25, 0.3) is 0 Å². The molecule has 2 atom stereocenters. The Hall–Kier alpha value is -0.970. The zero-order chi connectivity index (χ0) is 14.5. The van der Waals surface area contributed by atoms with Gasteiger partial charge in [-0.05, 0) is 62.4 Å². The van der Waals surface area contributed by atoms with Gasteiger partial charge in [0.2, 0.25) is 0 Å². The van der Waals surface area contributed by atoms with Gasteiger partial charge in [0, 0.05) is 19.2 Å². The van der Waals surface area contributed by atoms with Gasteiger partial charge in [0.15, 0.2) is 0 Å². The first-order valence-electron chi connectivity index (χ1n) is 7.41. The van der Waals surface area contributed by atoms with Crippen LogP contribution in [-0.2, 0) is 0 Å². The van der Waals surface area contributed by atoms with Gasteiger partial charge in [-0.1, -0.05) is 6.07 Å². The highest BCUT2D eigenvalue weighted by Gasteiger charge is 2.26. The first-order chi connectivity index (χ1) is 9.61. The van der Waals surface area contributed by atoms with Gasteiger partial charge in [-0.3, -0.25) is 4.90 Å². The molecule has 3 nitrogen and oxygen atoms in total. The lowest BCUT2D eigenvalue weighted by Crippen LogP contribution is -2.33. The van der Waals surface area contributed by atoms with Crippen LogP contribution < -0.4 is 0 Å². The second-order valence-corrected chi connectivity index (χ2v) is 5.67. The van der Waals surface area contributed by atoms with Crippen molar-refractivity contribution in [2.24, 2.45) is 0 Å². The maximum Gasteiger partial charge on any atom is 0.123 e. The molecule has 0 saturated carbocycles. The number of benzene rings is 1. The zero-order valence-electron chi connectivity index (χ0n) is 12.1. The van der Waals surface area contributed by atoms with E-state index < -0.39 is 6.10 Å². The topological polar surface area (TPSA) is 43.7 Å². The SMILES string of the molecule is Cc1cc(F)ccc1C(O)CN1CCCC1CCCO. The molecule has 2 rings (SSSR count). The highest BCUT2D eigenvalue weighted by molar-refractivity contribution is 5.28. The Morgan fingerprint density at radius 1 is 1.45 bits per heavy atom. The van der Waals surface area contributed by atoms with Gasteiger partial charge in [0.05, 0.1) is 6.10 Å². The van der Waals surface area contributed by atoms with E-state index in [4.69, 9.17) is 5.11 Å². The minimum absolute atomic E-state index is 0.226. The van der Waals surface area contributed by atoms with Crippen LogP contribution in [0.15, 0.2) is 18.2 Å². The van der Waals surface area contributed by atoms with Crippen LogP contribution in [-0.4, -0.2) is 40.9 Å². The fraction of sp³-hybridized carbons (Fsp3) is 0.625. The van der Waals surface area contributed by atoms with Gasteiger partial charge in [-0.25, -0.2) is 4.39 Å². The van der Waals surface area contributed by atoms with E-state index in [0.29, 0.717) is 12.6 Å². The molecule has 1 saturated heterocycles. The largest absolute Gasteiger partial charge is 0.396 e. The number of nitrogens with zero attached hydrogens (tertiary/aromatic N) is 1. The molecule has 0 spiro atoms. The minimum atomic E-state index is -0.578. The summed E-state index contributed by atoms with van der Waals surface area (Å²) in [6.45, 7) is 3.63. The highest BCUT2D eigenvalue weighted by atomic mass is 19.1. The van der Waals surface area contributed by atoms with Crippen molar-refractivity contribution in [2.75, 3.05) is 19.7 Å². The van der Waals surface area contributed by atoms with Crippen LogP contribution >= 0.6 is 0 Å². The van der Waals surface area contributed by atoms with Crippen LogP contribution in [0.5, 0.6) is 0 Å². The first-order valence-corrected chi connectivity index (χ1v) is 7.41. The Kier molecular flexibility index (Phi) is 5.52. The van der Waals surface area contributed by atoms with Gasteiger partial charge < -0.3 is 10.2 Å². The van der Waals surface area contributed by atoms with Crippen molar-refractivity contribution in [2.45, 2.75) is 44.8 Å². The van der Waals surface area contributed by atoms with Crippen molar-refractivity contribution in [3.63, 3.8) is 0 Å². The third kappa shape index (κ3) is 3.78. The molecule has 0 amide bonds. The number of β-amino-alcohol motifs (C(OH)–C–C–N with tert-alkyl or cyclic N) is 1. The molecule has 1 heterocycles. The zero-order valence-corrected chi connectivity index (χ0v) is 12.1. The molecular weight excluding hydrogens is 257 g/mol. The predicted molar refractivity (Wildman–Crippen MR) is 77.0 cm³/mol. The summed E-state index contributed by atoms with van der Waals surface area (Å²) in [4.78, 5) is 2.29. The lowest BCUT2D eigenvalue weighted by atomic mass is 10.0. The van der Waals surface area contributed by atoms with Crippen LogP contribution in [0.4, 0.5) is 4.39 Å². The molecule has 0 aliphatic carbocycles. The molecule has 0 bridgehead atoms. The minimum Gasteiger partial charge on any atom is -0.396 e. The maximum atomic E-state index is 13.1. The summed E-state index contributed by atoms with van der Waals surface area (Å²) in [7, 11) is 0. The molecule has 20 heavy (non-hydrogen) atoms. The lowest BCUT2D eigenvalue weighted by molar-refractivity contribution is 0.101. The Labute approximate surface area is 120 Å². The van der Waals surface area contributed by atoms with Crippen LogP contribution in [0.1, 0.15) is 42.9 Å². The van der Waals surface area contributed by atoms with Crippen molar-refractivity contribution in [3.05, 3.63) is 35.1 Å². The Balaban J connectivity index is 1.97. The van der Waals surface area contributed by atoms with Crippen LogP contribution in [0.3, 0.4) is 0 Å². The van der Waals surface area contributed by atoms with E-state index in [1.54, 1.807) is 6.07 Å². The number of halogens is 1. The number of hydrogen-bond acceptors (Lipinski definition) is 3. The summed E-state index contributed by atoms with van der Waals surface area (Å²) in [5.41, 5.74) is 1.60. The number of aliphatic hydroxyl groups excluding tert-OH is 2. The Morgan fingerprint density at radius 3 is 2.95 bits per heavy atom. The highest BCUT2D eigenvalue weighted by Crippen LogP contribution is 2.26. The fourth-order valence-electron chi connectivity index (χ4n) is 3.12. The number of aryl methyl sites for hydroxylation is 1. The second-order valence-electron chi connectivity index (χ2n) is 5.67. The van der Waals surface area contributed by atoms with E-state index in [-0.39, 0.29) is 12.4 Å². The average molecular weight is 281 g/mol. The monoisotopic (exact) mass is 281 g/mol. The maximum absolute atomic E-state index is 13.1. The Morgan fingerprint density at radius 2 is 2.25 bits per heavy atom. The fourth-order valence-corrected chi connectivity index (χ4v) is 3.12. The average Bonchev–Trinajstić information content (AvgIpc) is 2.83. The standard InChI is InChI=1S/C16H24FNO2/c1-12-10-13(17)6-7-15(12)16(20)11-18-8-2-4-14(18)5-3-9-19/h6-7,10,14,16,19-20H,2-5,8-9,11H2,1H3. The van der Waals surface area contributed by atoms with Crippen molar-refractivity contribution in [1.29, 1.82) is 0 Å². The Bertz CT molecular complexity index is 438. The van der Waals surface area contributed by atoms with Gasteiger partial charge in [0.1, 0.15) is 5.82 Å². The molecular formula is C16H24FNO2. The molecule has 2 unspecified atom stereocenters. The van der Waals surface area contributed by atoms with E-state index >= 15 is 0 Å². The van der Waals surface area contributed by atoms with Crippen molar-refractivity contribution in [3.8, 4) is 0 Å². The summed E-state index contributed by atoms with van der Waals surface area (Å²) in [6.07, 6.45) is 3.49. The van der Waals surface area contributed by atoms with Gasteiger partial charge in [0.25, 0.3) is 0 Å². The van der Waals surface area contributed by atoms with Crippen molar-refractivity contribution in [1.82, 2.24) is 4.90 Å². The third-order valence-electron chi connectivity index (χ3n) is 4.19. The smallest absolute Gasteiger partial charge is 0.123 e. The summed E-state index contributed by atoms with van der Waals surface area (Å²) < 4.78 is 13.1. The quantitative estimate of drug-likeness (QED) is 0.841. The van der Waals surface area contributed by atoms with Crippen LogP contribution in [0, 0.1) is 12.7 Å². The molecule has 0 radical (unpaired) electrons. The van der Waals surface area contributed by atoms with E-state index in [1.165, 1.54) is 12.1 Å². The number of likely N-dealkylation sites (tertiary alicyclic amines) is 1. The molecule has 112 valence electrons. The van der Waals surface area contributed by atoms with Gasteiger partial charge in [-0.15, -0.1) is 0 Å². The summed E-state index contributed by atoms with van der Waals surface area (Å²) in [5.74, 6) is -0.263. The summed E-state index contributed by atoms with van der Waals surface area (Å²) in [6, 6.07) is 5.00. The number of rotatable bonds is 6. The first kappa shape index (κ1) is 15.4. The molecule has 1 aromatic carbocycles. The molecule has 1 aliphatic heterocycles. The van der Waals surface area contributed by atoms with Crippen molar-refractivity contribution >= 4 is 0 Å². The molecule has 0 aromatic heterocycles. The van der Waals surface area contributed by atoms with E-state index in [0.717, 1.165) is 43.4 Å². The molecule has 2 N–H and O–H groups in total. The summed E-state index contributed by atoms with van der Waals surface area (Å²) >= 11 is 0. The number of hydrogen-bond donors (Lipinski definition) is 2. The molecule has 1 fully saturated rings. The number of aliphatic hydroxyl groups is 2. The second kappa shape index (κ2) is 7.16. The van der Waals surface area contributed by atoms with Gasteiger partial charge in [-0.2, -0.15) is 0 Å².